The minimum atomic E-state index is -3.28. The number of carbonyl (C=O) groups excluding carboxylic acids is 1. The van der Waals surface area contributed by atoms with Gasteiger partial charge in [0.05, 0.1) is 18.4 Å². The van der Waals surface area contributed by atoms with Crippen molar-refractivity contribution in [2.45, 2.75) is 19.9 Å². The van der Waals surface area contributed by atoms with Crippen LogP contribution in [-0.4, -0.2) is 27.6 Å². The van der Waals surface area contributed by atoms with E-state index in [1.165, 1.54) is 11.4 Å². The molecule has 0 atom stereocenters. The highest BCUT2D eigenvalue weighted by Gasteiger charge is 2.12. The van der Waals surface area contributed by atoms with Crippen LogP contribution in [0.15, 0.2) is 48.5 Å². The van der Waals surface area contributed by atoms with Gasteiger partial charge < -0.3 is 5.32 Å². The van der Waals surface area contributed by atoms with Crippen LogP contribution in [0.3, 0.4) is 0 Å². The van der Waals surface area contributed by atoms with Gasteiger partial charge in [-0.05, 0) is 30.2 Å². The summed E-state index contributed by atoms with van der Waals surface area (Å²) in [7, 11) is -1.78. The number of amides is 1. The van der Waals surface area contributed by atoms with Crippen molar-refractivity contribution >= 4 is 21.6 Å². The summed E-state index contributed by atoms with van der Waals surface area (Å²) in [6.07, 6.45) is 1.41. The Morgan fingerprint density at radius 2 is 1.75 bits per heavy atom. The summed E-state index contributed by atoms with van der Waals surface area (Å²) >= 11 is 0. The maximum Gasteiger partial charge on any atom is 0.231 e. The summed E-state index contributed by atoms with van der Waals surface area (Å²) in [6.45, 7) is 2.51. The van der Waals surface area contributed by atoms with E-state index in [4.69, 9.17) is 0 Å². The molecule has 1 N–H and O–H groups in total. The number of rotatable bonds is 6. The number of anilines is 1. The normalized spacial score (nSPS) is 11.1. The molecule has 0 unspecified atom stereocenters. The van der Waals surface area contributed by atoms with Gasteiger partial charge in [-0.25, -0.2) is 8.42 Å². The molecule has 0 bridgehead atoms. The van der Waals surface area contributed by atoms with Gasteiger partial charge in [0.15, 0.2) is 0 Å². The van der Waals surface area contributed by atoms with E-state index in [1.807, 2.05) is 31.2 Å². The molecule has 0 aliphatic carbocycles. The van der Waals surface area contributed by atoms with Crippen molar-refractivity contribution in [2.24, 2.45) is 0 Å². The van der Waals surface area contributed by atoms with Crippen molar-refractivity contribution < 1.29 is 13.2 Å². The molecule has 0 radical (unpaired) electrons. The van der Waals surface area contributed by atoms with Crippen molar-refractivity contribution in [3.8, 4) is 0 Å². The molecule has 5 nitrogen and oxygen atoms in total. The average molecular weight is 346 g/mol. The maximum atomic E-state index is 12.0. The summed E-state index contributed by atoms with van der Waals surface area (Å²) in [4.78, 5) is 12.0. The number of carbonyl (C=O) groups is 1. The van der Waals surface area contributed by atoms with Crippen LogP contribution < -0.4 is 9.62 Å². The number of nitrogens with zero attached hydrogens (tertiary/aromatic N) is 1. The SMILES string of the molecule is Cc1cccc(CNC(=O)Cc2ccc(N(C)S(C)(=O)=O)cc2)c1. The van der Waals surface area contributed by atoms with Crippen LogP contribution >= 0.6 is 0 Å². The molecule has 0 heterocycles. The Hall–Kier alpha value is -2.34. The number of hydrogen-bond acceptors (Lipinski definition) is 3. The molecule has 0 saturated heterocycles. The minimum Gasteiger partial charge on any atom is -0.352 e. The summed E-state index contributed by atoms with van der Waals surface area (Å²) in [5.74, 6) is -0.0688. The predicted molar refractivity (Wildman–Crippen MR) is 96.4 cm³/mol. The second-order valence-corrected chi connectivity index (χ2v) is 7.85. The minimum absolute atomic E-state index is 0.0688. The third-order valence-electron chi connectivity index (χ3n) is 3.73. The Balaban J connectivity index is 1.92. The molecule has 24 heavy (non-hydrogen) atoms. The van der Waals surface area contributed by atoms with Gasteiger partial charge in [-0.1, -0.05) is 42.0 Å². The van der Waals surface area contributed by atoms with Gasteiger partial charge in [0.1, 0.15) is 0 Å². The number of benzene rings is 2. The molecule has 0 saturated carbocycles. The van der Waals surface area contributed by atoms with Gasteiger partial charge in [0.2, 0.25) is 15.9 Å². The summed E-state index contributed by atoms with van der Waals surface area (Å²) in [5, 5.41) is 2.89. The Morgan fingerprint density at radius 1 is 1.08 bits per heavy atom. The number of nitrogens with one attached hydrogen (secondary N) is 1. The molecule has 0 spiro atoms. The standard InChI is InChI=1S/C18H22N2O3S/c1-14-5-4-6-16(11-14)13-19-18(21)12-15-7-9-17(10-8-15)20(2)24(3,22)23/h4-11H,12-13H2,1-3H3,(H,19,21). The first-order valence-corrected chi connectivity index (χ1v) is 9.45. The molecular weight excluding hydrogens is 324 g/mol. The third kappa shape index (κ3) is 5.09. The van der Waals surface area contributed by atoms with Crippen molar-refractivity contribution in [3.05, 3.63) is 65.2 Å². The fraction of sp³-hybridized carbons (Fsp3) is 0.278. The lowest BCUT2D eigenvalue weighted by Gasteiger charge is -2.16. The molecule has 0 fully saturated rings. The highest BCUT2D eigenvalue weighted by atomic mass is 32.2. The maximum absolute atomic E-state index is 12.0. The smallest absolute Gasteiger partial charge is 0.231 e. The largest absolute Gasteiger partial charge is 0.352 e. The molecule has 1 amide bonds. The molecular formula is C18H22N2O3S. The Kier molecular flexibility index (Phi) is 5.62. The number of aryl methyl sites for hydroxylation is 1. The Bertz CT molecular complexity index is 814. The molecule has 0 aliphatic heterocycles. The fourth-order valence-corrected chi connectivity index (χ4v) is 2.79. The van der Waals surface area contributed by atoms with E-state index < -0.39 is 10.0 Å². The van der Waals surface area contributed by atoms with E-state index in [0.717, 1.165) is 22.9 Å². The topological polar surface area (TPSA) is 66.5 Å². The van der Waals surface area contributed by atoms with Crippen molar-refractivity contribution in [1.29, 1.82) is 0 Å². The summed E-state index contributed by atoms with van der Waals surface area (Å²) < 4.78 is 24.2. The molecule has 2 rings (SSSR count). The van der Waals surface area contributed by atoms with E-state index in [-0.39, 0.29) is 12.3 Å². The van der Waals surface area contributed by atoms with E-state index in [2.05, 4.69) is 5.32 Å². The van der Waals surface area contributed by atoms with Crippen LogP contribution in [0.5, 0.6) is 0 Å². The van der Waals surface area contributed by atoms with Crippen LogP contribution in [0.25, 0.3) is 0 Å². The monoisotopic (exact) mass is 346 g/mol. The second kappa shape index (κ2) is 7.49. The third-order valence-corrected chi connectivity index (χ3v) is 4.94. The highest BCUT2D eigenvalue weighted by molar-refractivity contribution is 7.92. The lowest BCUT2D eigenvalue weighted by atomic mass is 10.1. The lowest BCUT2D eigenvalue weighted by molar-refractivity contribution is -0.120. The average Bonchev–Trinajstić information content (AvgIpc) is 2.52. The van der Waals surface area contributed by atoms with Crippen molar-refractivity contribution in [3.63, 3.8) is 0 Å². The molecule has 2 aromatic carbocycles. The number of hydrogen-bond donors (Lipinski definition) is 1. The quantitative estimate of drug-likeness (QED) is 0.872. The van der Waals surface area contributed by atoms with Gasteiger partial charge in [0.25, 0.3) is 0 Å². The first-order chi connectivity index (χ1) is 11.3. The highest BCUT2D eigenvalue weighted by Crippen LogP contribution is 2.16. The summed E-state index contributed by atoms with van der Waals surface area (Å²) in [6, 6.07) is 14.9. The Morgan fingerprint density at radius 3 is 2.33 bits per heavy atom. The first kappa shape index (κ1) is 18.0. The van der Waals surface area contributed by atoms with Crippen molar-refractivity contribution in [2.75, 3.05) is 17.6 Å². The molecule has 128 valence electrons. The molecule has 0 aliphatic rings. The molecule has 2 aromatic rings. The van der Waals surface area contributed by atoms with Crippen LogP contribution in [0, 0.1) is 6.92 Å². The second-order valence-electron chi connectivity index (χ2n) is 5.84. The molecule has 0 aromatic heterocycles. The van der Waals surface area contributed by atoms with Gasteiger partial charge in [-0.3, -0.25) is 9.10 Å². The lowest BCUT2D eigenvalue weighted by Crippen LogP contribution is -2.25. The zero-order chi connectivity index (χ0) is 17.7. The zero-order valence-corrected chi connectivity index (χ0v) is 14.9. The zero-order valence-electron chi connectivity index (χ0n) is 14.1. The van der Waals surface area contributed by atoms with Crippen LogP contribution in [0.2, 0.25) is 0 Å². The van der Waals surface area contributed by atoms with E-state index >= 15 is 0 Å². The van der Waals surface area contributed by atoms with Gasteiger partial charge in [-0.2, -0.15) is 0 Å². The van der Waals surface area contributed by atoms with Crippen LogP contribution in [0.4, 0.5) is 5.69 Å². The van der Waals surface area contributed by atoms with Crippen LogP contribution in [-0.2, 0) is 27.8 Å². The summed E-state index contributed by atoms with van der Waals surface area (Å²) in [5.41, 5.74) is 3.63. The first-order valence-electron chi connectivity index (χ1n) is 7.61. The Labute approximate surface area is 143 Å². The fourth-order valence-electron chi connectivity index (χ4n) is 2.29. The van der Waals surface area contributed by atoms with Gasteiger partial charge in [-0.15, -0.1) is 0 Å². The van der Waals surface area contributed by atoms with Gasteiger partial charge >= 0.3 is 0 Å². The van der Waals surface area contributed by atoms with E-state index in [9.17, 15) is 13.2 Å². The van der Waals surface area contributed by atoms with Crippen molar-refractivity contribution in [1.82, 2.24) is 5.32 Å². The van der Waals surface area contributed by atoms with Gasteiger partial charge in [0, 0.05) is 13.6 Å². The number of sulfonamides is 1. The van der Waals surface area contributed by atoms with E-state index in [1.54, 1.807) is 24.3 Å². The molecule has 6 heteroatoms. The van der Waals surface area contributed by atoms with Crippen LogP contribution in [0.1, 0.15) is 16.7 Å². The van der Waals surface area contributed by atoms with E-state index in [0.29, 0.717) is 12.2 Å². The predicted octanol–water partition coefficient (Wildman–Crippen LogP) is 2.25.